The Balaban J connectivity index is 1.78. The Morgan fingerprint density at radius 3 is 2.64 bits per heavy atom. The Hall–Kier alpha value is -2.48. The molecule has 3 fully saturated rings. The molecule has 1 aliphatic heterocycles. The van der Waals surface area contributed by atoms with Gasteiger partial charge in [0.05, 0.1) is 29.6 Å². The molecule has 1 aromatic carbocycles. The van der Waals surface area contributed by atoms with Gasteiger partial charge in [-0.05, 0) is 18.9 Å². The normalized spacial score (nSPS) is 27.4. The lowest BCUT2D eigenvalue weighted by Crippen LogP contribution is -2.30. The lowest BCUT2D eigenvalue weighted by atomic mass is 10.0. The topological polar surface area (TPSA) is 77.6 Å². The zero-order valence-electron chi connectivity index (χ0n) is 15.5. The number of aromatic nitrogens is 1. The highest BCUT2D eigenvalue weighted by molar-refractivity contribution is 5.94. The summed E-state index contributed by atoms with van der Waals surface area (Å²) >= 11 is 0. The fourth-order valence-electron chi connectivity index (χ4n) is 4.59. The SMILES string of the molecule is COc1c(N2CC(N)C3(CC3)C2)c(F)cc2c(=O)c(C=O)cn(C3C[C@@H]3F)c12. The third-order valence-corrected chi connectivity index (χ3v) is 6.51. The number of benzene rings is 1. The largest absolute Gasteiger partial charge is 0.492 e. The number of carbonyl (C=O) groups excluding carboxylic acids is 1. The molecule has 1 aromatic heterocycles. The number of halogens is 2. The van der Waals surface area contributed by atoms with Crippen molar-refractivity contribution in [3.63, 3.8) is 0 Å². The molecule has 3 atom stereocenters. The van der Waals surface area contributed by atoms with Crippen LogP contribution in [-0.2, 0) is 0 Å². The van der Waals surface area contributed by atoms with Crippen molar-refractivity contribution in [2.45, 2.75) is 37.5 Å². The van der Waals surface area contributed by atoms with E-state index in [1.807, 2.05) is 4.90 Å². The summed E-state index contributed by atoms with van der Waals surface area (Å²) in [6.07, 6.45) is 3.01. The van der Waals surface area contributed by atoms with E-state index in [4.69, 9.17) is 10.5 Å². The van der Waals surface area contributed by atoms with Gasteiger partial charge in [-0.1, -0.05) is 0 Å². The van der Waals surface area contributed by atoms with Crippen LogP contribution in [0.3, 0.4) is 0 Å². The minimum absolute atomic E-state index is 0.0198. The number of nitrogens with two attached hydrogens (primary N) is 1. The molecule has 2 unspecified atom stereocenters. The first-order valence-electron chi connectivity index (χ1n) is 9.45. The van der Waals surface area contributed by atoms with Crippen LogP contribution in [0.4, 0.5) is 14.5 Å². The van der Waals surface area contributed by atoms with Gasteiger partial charge in [0.2, 0.25) is 0 Å². The highest BCUT2D eigenvalue weighted by atomic mass is 19.1. The first-order chi connectivity index (χ1) is 13.4. The average molecular weight is 389 g/mol. The fraction of sp³-hybridized carbons (Fsp3) is 0.500. The second-order valence-electron chi connectivity index (χ2n) is 8.24. The van der Waals surface area contributed by atoms with E-state index in [0.717, 1.165) is 18.9 Å². The van der Waals surface area contributed by atoms with E-state index >= 15 is 4.39 Å². The Labute approximate surface area is 159 Å². The maximum atomic E-state index is 15.2. The summed E-state index contributed by atoms with van der Waals surface area (Å²) < 4.78 is 36.2. The van der Waals surface area contributed by atoms with Crippen molar-refractivity contribution in [1.82, 2.24) is 4.57 Å². The third-order valence-electron chi connectivity index (χ3n) is 6.51. The summed E-state index contributed by atoms with van der Waals surface area (Å²) in [5.74, 6) is -0.415. The zero-order chi connectivity index (χ0) is 19.8. The maximum absolute atomic E-state index is 15.2. The van der Waals surface area contributed by atoms with Crippen molar-refractivity contribution in [2.75, 3.05) is 25.1 Å². The quantitative estimate of drug-likeness (QED) is 0.811. The summed E-state index contributed by atoms with van der Waals surface area (Å²) in [4.78, 5) is 25.9. The summed E-state index contributed by atoms with van der Waals surface area (Å²) in [5, 5.41) is 0.0198. The van der Waals surface area contributed by atoms with Crippen molar-refractivity contribution in [1.29, 1.82) is 0 Å². The highest BCUT2D eigenvalue weighted by Gasteiger charge is 2.54. The zero-order valence-corrected chi connectivity index (χ0v) is 15.5. The molecular weight excluding hydrogens is 368 g/mol. The van der Waals surface area contributed by atoms with Crippen LogP contribution in [0.15, 0.2) is 17.1 Å². The molecule has 2 aliphatic carbocycles. The van der Waals surface area contributed by atoms with Crippen LogP contribution in [0.1, 0.15) is 35.7 Å². The monoisotopic (exact) mass is 389 g/mol. The van der Waals surface area contributed by atoms with E-state index in [0.29, 0.717) is 24.9 Å². The number of anilines is 1. The number of nitrogens with zero attached hydrogens (tertiary/aromatic N) is 2. The van der Waals surface area contributed by atoms with Crippen molar-refractivity contribution in [3.8, 4) is 5.75 Å². The van der Waals surface area contributed by atoms with Crippen LogP contribution < -0.4 is 20.8 Å². The number of aldehydes is 1. The van der Waals surface area contributed by atoms with E-state index in [1.165, 1.54) is 13.3 Å². The molecule has 1 saturated heterocycles. The van der Waals surface area contributed by atoms with Gasteiger partial charge < -0.3 is 19.9 Å². The van der Waals surface area contributed by atoms with Crippen LogP contribution in [0, 0.1) is 11.2 Å². The third kappa shape index (κ3) is 2.33. The summed E-state index contributed by atoms with van der Waals surface area (Å²) in [6.45, 7) is 1.11. The maximum Gasteiger partial charge on any atom is 0.200 e. The number of hydrogen-bond donors (Lipinski definition) is 1. The number of pyridine rings is 1. The summed E-state index contributed by atoms with van der Waals surface area (Å²) in [6, 6.07) is 0.591. The minimum Gasteiger partial charge on any atom is -0.492 e. The lowest BCUT2D eigenvalue weighted by Gasteiger charge is -2.24. The highest BCUT2D eigenvalue weighted by Crippen LogP contribution is 2.54. The summed E-state index contributed by atoms with van der Waals surface area (Å²) in [5.41, 5.74) is 6.16. The molecule has 0 amide bonds. The van der Waals surface area contributed by atoms with E-state index in [2.05, 4.69) is 0 Å². The number of carbonyl (C=O) groups is 1. The van der Waals surface area contributed by atoms with Crippen LogP contribution in [0.25, 0.3) is 10.9 Å². The number of fused-ring (bicyclic) bond motifs is 1. The van der Waals surface area contributed by atoms with Gasteiger partial charge in [-0.25, -0.2) is 8.78 Å². The van der Waals surface area contributed by atoms with Gasteiger partial charge in [0.1, 0.15) is 11.9 Å². The predicted octanol–water partition coefficient (Wildman–Crippen LogP) is 2.17. The Kier molecular flexibility index (Phi) is 3.62. The van der Waals surface area contributed by atoms with Crippen molar-refractivity contribution >= 4 is 22.9 Å². The molecule has 8 heteroatoms. The van der Waals surface area contributed by atoms with E-state index in [1.54, 1.807) is 4.57 Å². The molecule has 1 spiro atoms. The number of hydrogen-bond acceptors (Lipinski definition) is 5. The summed E-state index contributed by atoms with van der Waals surface area (Å²) in [7, 11) is 1.41. The molecule has 148 valence electrons. The molecule has 2 heterocycles. The van der Waals surface area contributed by atoms with Gasteiger partial charge in [-0.3, -0.25) is 9.59 Å². The molecule has 2 aromatic rings. The molecule has 3 aliphatic rings. The molecule has 2 saturated carbocycles. The molecule has 0 bridgehead atoms. The first-order valence-corrected chi connectivity index (χ1v) is 9.45. The smallest absolute Gasteiger partial charge is 0.200 e. The van der Waals surface area contributed by atoms with Crippen LogP contribution in [-0.4, -0.2) is 43.3 Å². The van der Waals surface area contributed by atoms with E-state index < -0.39 is 23.5 Å². The Bertz CT molecular complexity index is 1060. The van der Waals surface area contributed by atoms with Crippen LogP contribution >= 0.6 is 0 Å². The molecule has 0 radical (unpaired) electrons. The van der Waals surface area contributed by atoms with E-state index in [-0.39, 0.29) is 40.3 Å². The second kappa shape index (κ2) is 5.76. The number of ether oxygens (including phenoxy) is 1. The second-order valence-corrected chi connectivity index (χ2v) is 8.24. The van der Waals surface area contributed by atoms with E-state index in [9.17, 15) is 14.0 Å². The first kappa shape index (κ1) is 17.6. The lowest BCUT2D eigenvalue weighted by molar-refractivity contribution is 0.112. The molecular formula is C20H21F2N3O3. The average Bonchev–Trinajstić information content (AvgIpc) is 3.57. The molecule has 2 N–H and O–H groups in total. The minimum atomic E-state index is -1.07. The van der Waals surface area contributed by atoms with Crippen LogP contribution in [0.2, 0.25) is 0 Å². The van der Waals surface area contributed by atoms with Crippen molar-refractivity contribution in [3.05, 3.63) is 33.9 Å². The molecule has 28 heavy (non-hydrogen) atoms. The van der Waals surface area contributed by atoms with Crippen LogP contribution in [0.5, 0.6) is 5.75 Å². The van der Waals surface area contributed by atoms with Crippen molar-refractivity contribution < 1.29 is 18.3 Å². The van der Waals surface area contributed by atoms with Gasteiger partial charge in [-0.15, -0.1) is 0 Å². The van der Waals surface area contributed by atoms with Gasteiger partial charge >= 0.3 is 0 Å². The fourth-order valence-corrected chi connectivity index (χ4v) is 4.59. The number of rotatable bonds is 4. The number of alkyl halides is 1. The van der Waals surface area contributed by atoms with Gasteiger partial charge in [0, 0.05) is 37.2 Å². The molecule has 5 rings (SSSR count). The van der Waals surface area contributed by atoms with Gasteiger partial charge in [0.25, 0.3) is 0 Å². The van der Waals surface area contributed by atoms with Gasteiger partial charge in [0.15, 0.2) is 23.3 Å². The predicted molar refractivity (Wildman–Crippen MR) is 101 cm³/mol. The standard InChI is InChI=1S/C20H21F2N3O3/c1-28-19-16-11(18(27)10(8-26)6-25(16)14-5-12(14)21)4-13(22)17(19)24-7-15(23)20(9-24)2-3-20/h4,6,8,12,14-15H,2-3,5,7,9,23H2,1H3/t12-,14?,15?/m0/s1. The Morgan fingerprint density at radius 2 is 2.11 bits per heavy atom. The Morgan fingerprint density at radius 1 is 1.39 bits per heavy atom. The molecule has 6 nitrogen and oxygen atoms in total. The van der Waals surface area contributed by atoms with Gasteiger partial charge in [-0.2, -0.15) is 0 Å². The van der Waals surface area contributed by atoms with Crippen molar-refractivity contribution in [2.24, 2.45) is 11.1 Å². The number of methoxy groups -OCH3 is 1.